The van der Waals surface area contributed by atoms with Crippen molar-refractivity contribution < 1.29 is 13.9 Å². The fourth-order valence-corrected chi connectivity index (χ4v) is 2.29. The van der Waals surface area contributed by atoms with Gasteiger partial charge < -0.3 is 14.5 Å². The van der Waals surface area contributed by atoms with E-state index in [1.807, 2.05) is 0 Å². The lowest BCUT2D eigenvalue weighted by Gasteiger charge is -2.11. The highest BCUT2D eigenvalue weighted by Crippen LogP contribution is 2.18. The van der Waals surface area contributed by atoms with Crippen molar-refractivity contribution in [3.63, 3.8) is 0 Å². The number of aromatic nitrogens is 2. The number of nitrogens with one attached hydrogen (secondary N) is 1. The number of hydrogen-bond acceptors (Lipinski definition) is 4. The molecule has 6 nitrogen and oxygen atoms in total. The van der Waals surface area contributed by atoms with Crippen molar-refractivity contribution in [3.8, 4) is 0 Å². The first kappa shape index (κ1) is 12.9. The van der Waals surface area contributed by atoms with Crippen LogP contribution in [0.4, 0.5) is 5.82 Å². The van der Waals surface area contributed by atoms with E-state index in [9.17, 15) is 4.79 Å². The van der Waals surface area contributed by atoms with Crippen LogP contribution in [-0.4, -0.2) is 28.9 Å². The van der Waals surface area contributed by atoms with Gasteiger partial charge in [0.1, 0.15) is 11.6 Å². The Labute approximate surface area is 116 Å². The molecule has 0 radical (unpaired) electrons. The molecule has 1 atom stereocenters. The lowest BCUT2D eigenvalue weighted by Crippen LogP contribution is -2.18. The molecule has 0 unspecified atom stereocenters. The van der Waals surface area contributed by atoms with E-state index in [0.29, 0.717) is 23.3 Å². The summed E-state index contributed by atoms with van der Waals surface area (Å²) in [5, 5.41) is 7.07. The summed E-state index contributed by atoms with van der Waals surface area (Å²) in [6, 6.07) is 5.21. The van der Waals surface area contributed by atoms with Crippen molar-refractivity contribution in [3.05, 3.63) is 35.9 Å². The Morgan fingerprint density at radius 2 is 2.40 bits per heavy atom. The molecule has 1 fully saturated rings. The summed E-state index contributed by atoms with van der Waals surface area (Å²) in [6.07, 6.45) is 2.71. The average molecular weight is 275 g/mol. The van der Waals surface area contributed by atoms with Crippen LogP contribution in [0.15, 0.2) is 28.8 Å². The van der Waals surface area contributed by atoms with E-state index in [0.717, 1.165) is 26.2 Å². The van der Waals surface area contributed by atoms with E-state index in [1.54, 1.807) is 36.0 Å². The van der Waals surface area contributed by atoms with Crippen LogP contribution >= 0.6 is 0 Å². The van der Waals surface area contributed by atoms with Crippen LogP contribution in [0.25, 0.3) is 0 Å². The van der Waals surface area contributed by atoms with E-state index in [2.05, 4.69) is 10.4 Å². The maximum atomic E-state index is 12.0. The minimum Gasteiger partial charge on any atom is -0.456 e. The molecule has 0 aromatic carbocycles. The van der Waals surface area contributed by atoms with Gasteiger partial charge in [0.2, 0.25) is 0 Å². The van der Waals surface area contributed by atoms with E-state index in [4.69, 9.17) is 9.15 Å². The second-order valence-corrected chi connectivity index (χ2v) is 4.99. The van der Waals surface area contributed by atoms with Crippen LogP contribution in [0, 0.1) is 12.8 Å². The zero-order chi connectivity index (χ0) is 13.9. The number of anilines is 1. The molecular formula is C14H17N3O3. The molecule has 106 valence electrons. The zero-order valence-corrected chi connectivity index (χ0v) is 11.3. The third-order valence-corrected chi connectivity index (χ3v) is 3.38. The molecule has 0 saturated carbocycles. The number of ether oxygens (including phenoxy) is 1. The first-order chi connectivity index (χ1) is 9.72. The van der Waals surface area contributed by atoms with Gasteiger partial charge in [-0.1, -0.05) is 0 Å². The smallest absolute Gasteiger partial charge is 0.292 e. The van der Waals surface area contributed by atoms with Crippen LogP contribution in [0.2, 0.25) is 0 Å². The molecule has 3 heterocycles. The number of carbonyl (C=O) groups excluding carboxylic acids is 1. The monoisotopic (exact) mass is 275 g/mol. The quantitative estimate of drug-likeness (QED) is 0.927. The van der Waals surface area contributed by atoms with Crippen molar-refractivity contribution in [1.82, 2.24) is 9.78 Å². The highest BCUT2D eigenvalue weighted by Gasteiger charge is 2.19. The summed E-state index contributed by atoms with van der Waals surface area (Å²) >= 11 is 0. The Hall–Kier alpha value is -2.08. The summed E-state index contributed by atoms with van der Waals surface area (Å²) in [5.41, 5.74) is 0. The Bertz CT molecular complexity index is 596. The number of carbonyl (C=O) groups is 1. The van der Waals surface area contributed by atoms with Gasteiger partial charge in [-0.3, -0.25) is 4.79 Å². The van der Waals surface area contributed by atoms with Crippen LogP contribution in [-0.2, 0) is 11.3 Å². The molecule has 0 bridgehead atoms. The highest BCUT2D eigenvalue weighted by molar-refractivity contribution is 6.01. The molecule has 1 aliphatic rings. The van der Waals surface area contributed by atoms with Crippen molar-refractivity contribution in [1.29, 1.82) is 0 Å². The molecule has 1 saturated heterocycles. The van der Waals surface area contributed by atoms with Gasteiger partial charge in [-0.25, -0.2) is 4.68 Å². The predicted molar refractivity (Wildman–Crippen MR) is 72.6 cm³/mol. The maximum absolute atomic E-state index is 12.0. The second-order valence-electron chi connectivity index (χ2n) is 4.99. The Balaban J connectivity index is 1.68. The third-order valence-electron chi connectivity index (χ3n) is 3.38. The molecule has 2 aromatic rings. The van der Waals surface area contributed by atoms with E-state index >= 15 is 0 Å². The summed E-state index contributed by atoms with van der Waals surface area (Å²) in [6.45, 7) is 4.12. The molecule has 2 aromatic heterocycles. The fraction of sp³-hybridized carbons (Fsp3) is 0.429. The van der Waals surface area contributed by atoms with Gasteiger partial charge in [-0.2, -0.15) is 5.10 Å². The van der Waals surface area contributed by atoms with Crippen LogP contribution in [0.5, 0.6) is 0 Å². The molecule has 0 aliphatic carbocycles. The van der Waals surface area contributed by atoms with Gasteiger partial charge in [0.15, 0.2) is 5.76 Å². The summed E-state index contributed by atoms with van der Waals surface area (Å²) in [4.78, 5) is 12.0. The van der Waals surface area contributed by atoms with Crippen LogP contribution in [0.3, 0.4) is 0 Å². The number of aryl methyl sites for hydroxylation is 1. The van der Waals surface area contributed by atoms with Gasteiger partial charge >= 0.3 is 0 Å². The Morgan fingerprint density at radius 3 is 3.10 bits per heavy atom. The highest BCUT2D eigenvalue weighted by atomic mass is 16.5. The van der Waals surface area contributed by atoms with E-state index in [-0.39, 0.29) is 5.91 Å². The molecular weight excluding hydrogens is 258 g/mol. The fourth-order valence-electron chi connectivity index (χ4n) is 2.29. The lowest BCUT2D eigenvalue weighted by molar-refractivity contribution is 0.0994. The lowest BCUT2D eigenvalue weighted by atomic mass is 10.1. The first-order valence-electron chi connectivity index (χ1n) is 6.70. The largest absolute Gasteiger partial charge is 0.456 e. The molecule has 3 rings (SSSR count). The maximum Gasteiger partial charge on any atom is 0.292 e. The Kier molecular flexibility index (Phi) is 3.56. The standard InChI is InChI=1S/C14H17N3O3/c1-10-2-3-12(20-10)14(18)16-13-4-6-15-17(13)8-11-5-7-19-9-11/h2-4,6,11H,5,7-9H2,1H3,(H,16,18)/t11-/m0/s1. The van der Waals surface area contributed by atoms with Crippen LogP contribution in [0.1, 0.15) is 22.7 Å². The number of rotatable bonds is 4. The van der Waals surface area contributed by atoms with Crippen LogP contribution < -0.4 is 5.32 Å². The summed E-state index contributed by atoms with van der Waals surface area (Å²) in [5.74, 6) is 1.89. The van der Waals surface area contributed by atoms with E-state index in [1.165, 1.54) is 0 Å². The number of furan rings is 1. The first-order valence-corrected chi connectivity index (χ1v) is 6.70. The molecule has 20 heavy (non-hydrogen) atoms. The Morgan fingerprint density at radius 1 is 1.50 bits per heavy atom. The van der Waals surface area contributed by atoms with Crippen molar-refractivity contribution in [2.75, 3.05) is 18.5 Å². The molecule has 0 spiro atoms. The number of nitrogens with zero attached hydrogens (tertiary/aromatic N) is 2. The molecule has 6 heteroatoms. The van der Waals surface area contributed by atoms with Crippen molar-refractivity contribution >= 4 is 11.7 Å². The average Bonchev–Trinajstić information content (AvgIpc) is 3.13. The summed E-state index contributed by atoms with van der Waals surface area (Å²) in [7, 11) is 0. The van der Waals surface area contributed by atoms with Crippen molar-refractivity contribution in [2.24, 2.45) is 5.92 Å². The normalized spacial score (nSPS) is 18.4. The number of amides is 1. The predicted octanol–water partition coefficient (Wildman–Crippen LogP) is 2.07. The SMILES string of the molecule is Cc1ccc(C(=O)Nc2ccnn2C[C@@H]2CCOC2)o1. The third kappa shape index (κ3) is 2.75. The minimum absolute atomic E-state index is 0.262. The molecule has 1 N–H and O–H groups in total. The zero-order valence-electron chi connectivity index (χ0n) is 11.3. The van der Waals surface area contributed by atoms with E-state index < -0.39 is 0 Å². The number of hydrogen-bond donors (Lipinski definition) is 1. The van der Waals surface area contributed by atoms with Gasteiger partial charge in [-0.05, 0) is 25.5 Å². The molecule has 1 amide bonds. The van der Waals surface area contributed by atoms with Gasteiger partial charge in [0.25, 0.3) is 5.91 Å². The second kappa shape index (κ2) is 5.50. The van der Waals surface area contributed by atoms with Gasteiger partial charge in [0, 0.05) is 25.1 Å². The van der Waals surface area contributed by atoms with Crippen molar-refractivity contribution in [2.45, 2.75) is 19.9 Å². The molecule has 1 aliphatic heterocycles. The van der Waals surface area contributed by atoms with Gasteiger partial charge in [0.05, 0.1) is 12.8 Å². The summed E-state index contributed by atoms with van der Waals surface area (Å²) < 4.78 is 12.5. The topological polar surface area (TPSA) is 69.3 Å². The van der Waals surface area contributed by atoms with Gasteiger partial charge in [-0.15, -0.1) is 0 Å². The minimum atomic E-state index is -0.262.